The molecule has 1 rings (SSSR count). The molecule has 0 bridgehead atoms. The Balaban J connectivity index is 2.71. The summed E-state index contributed by atoms with van der Waals surface area (Å²) in [4.78, 5) is 16.1. The second-order valence-electron chi connectivity index (χ2n) is 5.70. The van der Waals surface area contributed by atoms with Gasteiger partial charge in [-0.25, -0.2) is 4.99 Å². The number of hydrogen-bond donors (Lipinski definition) is 3. The second-order valence-corrected chi connectivity index (χ2v) is 5.70. The van der Waals surface area contributed by atoms with Crippen molar-refractivity contribution in [3.8, 4) is 11.5 Å². The van der Waals surface area contributed by atoms with E-state index in [0.29, 0.717) is 24.6 Å². The number of carbonyl (C=O) groups is 1. The molecule has 0 heterocycles. The number of nitrogens with one attached hydrogen (secondary N) is 3. The highest BCUT2D eigenvalue weighted by molar-refractivity contribution is 5.79. The Kier molecular flexibility index (Phi) is 10.7. The fourth-order valence-corrected chi connectivity index (χ4v) is 2.22. The number of aliphatic imine (C=N–C) groups is 1. The molecule has 0 spiro atoms. The molecule has 1 aromatic rings. The number of carbonyl (C=O) groups excluding carboxylic acids is 1. The summed E-state index contributed by atoms with van der Waals surface area (Å²) in [7, 11) is 1.58. The number of amides is 1. The van der Waals surface area contributed by atoms with E-state index in [-0.39, 0.29) is 12.5 Å². The Morgan fingerprint density at radius 1 is 1.08 bits per heavy atom. The smallest absolute Gasteiger partial charge is 0.257 e. The van der Waals surface area contributed by atoms with Crippen LogP contribution >= 0.6 is 0 Å². The van der Waals surface area contributed by atoms with Gasteiger partial charge in [0.15, 0.2) is 24.1 Å². The number of benzene rings is 1. The maximum Gasteiger partial charge on any atom is 0.257 e. The van der Waals surface area contributed by atoms with Crippen LogP contribution in [0.15, 0.2) is 23.2 Å². The molecule has 7 heteroatoms. The molecule has 0 unspecified atom stereocenters. The van der Waals surface area contributed by atoms with Gasteiger partial charge in [-0.2, -0.15) is 0 Å². The number of likely N-dealkylation sites (N-methyl/N-ethyl adjacent to an activating group) is 1. The molecule has 0 aliphatic heterocycles. The minimum Gasteiger partial charge on any atom is -0.493 e. The summed E-state index contributed by atoms with van der Waals surface area (Å²) in [6.07, 6.45) is 2.25. The lowest BCUT2D eigenvalue weighted by atomic mass is 10.2. The van der Waals surface area contributed by atoms with E-state index < -0.39 is 0 Å². The fourth-order valence-electron chi connectivity index (χ4n) is 2.22. The van der Waals surface area contributed by atoms with E-state index in [0.717, 1.165) is 37.5 Å². The van der Waals surface area contributed by atoms with Crippen molar-refractivity contribution >= 4 is 11.9 Å². The standard InChI is InChI=1S/C19H32N4O3/c1-5-8-11-22-19(21-7-3)23-13-15-9-10-16(17(12-15)25-4)26-14-18(24)20-6-2/h9-10,12H,5-8,11,13-14H2,1-4H3,(H,20,24)(H2,21,22,23). The van der Waals surface area contributed by atoms with Gasteiger partial charge in [0.05, 0.1) is 13.7 Å². The third-order valence-electron chi connectivity index (χ3n) is 3.55. The monoisotopic (exact) mass is 364 g/mol. The number of rotatable bonds is 11. The van der Waals surface area contributed by atoms with Crippen LogP contribution in [0.5, 0.6) is 11.5 Å². The molecule has 26 heavy (non-hydrogen) atoms. The van der Waals surface area contributed by atoms with Crippen molar-refractivity contribution in [3.63, 3.8) is 0 Å². The van der Waals surface area contributed by atoms with Gasteiger partial charge >= 0.3 is 0 Å². The topological polar surface area (TPSA) is 84.0 Å². The molecule has 3 N–H and O–H groups in total. The third kappa shape index (κ3) is 8.09. The van der Waals surface area contributed by atoms with Crippen LogP contribution in [0.25, 0.3) is 0 Å². The van der Waals surface area contributed by atoms with E-state index in [1.54, 1.807) is 13.2 Å². The predicted octanol–water partition coefficient (Wildman–Crippen LogP) is 2.07. The van der Waals surface area contributed by atoms with E-state index in [2.05, 4.69) is 27.9 Å². The molecule has 146 valence electrons. The minimum absolute atomic E-state index is 0.0341. The van der Waals surface area contributed by atoms with Crippen molar-refractivity contribution in [2.75, 3.05) is 33.4 Å². The number of ether oxygens (including phenoxy) is 2. The Morgan fingerprint density at radius 3 is 2.50 bits per heavy atom. The molecule has 1 aromatic carbocycles. The summed E-state index contributed by atoms with van der Waals surface area (Å²) < 4.78 is 10.9. The SMILES string of the molecule is CCCCNC(=NCc1ccc(OCC(=O)NCC)c(OC)c1)NCC. The summed E-state index contributed by atoms with van der Waals surface area (Å²) in [5, 5.41) is 9.24. The average molecular weight is 364 g/mol. The number of nitrogens with zero attached hydrogens (tertiary/aromatic N) is 1. The zero-order valence-corrected chi connectivity index (χ0v) is 16.4. The largest absolute Gasteiger partial charge is 0.493 e. The van der Waals surface area contributed by atoms with Gasteiger partial charge < -0.3 is 25.4 Å². The van der Waals surface area contributed by atoms with Crippen LogP contribution < -0.4 is 25.4 Å². The molecular formula is C19H32N4O3. The first-order valence-corrected chi connectivity index (χ1v) is 9.23. The lowest BCUT2D eigenvalue weighted by Gasteiger charge is -2.13. The molecule has 0 aromatic heterocycles. The molecule has 0 aliphatic carbocycles. The quantitative estimate of drug-likeness (QED) is 0.318. The van der Waals surface area contributed by atoms with Crippen LogP contribution in [0, 0.1) is 0 Å². The number of guanidine groups is 1. The van der Waals surface area contributed by atoms with E-state index in [9.17, 15) is 4.79 Å². The van der Waals surface area contributed by atoms with Crippen LogP contribution in [0.4, 0.5) is 0 Å². The Bertz CT molecular complexity index is 576. The van der Waals surface area contributed by atoms with Gasteiger partial charge in [0.1, 0.15) is 0 Å². The van der Waals surface area contributed by atoms with Crippen LogP contribution in [0.1, 0.15) is 39.2 Å². The van der Waals surface area contributed by atoms with Gasteiger partial charge in [-0.15, -0.1) is 0 Å². The zero-order valence-electron chi connectivity index (χ0n) is 16.4. The molecule has 0 radical (unpaired) electrons. The lowest BCUT2D eigenvalue weighted by Crippen LogP contribution is -2.37. The van der Waals surface area contributed by atoms with Crippen molar-refractivity contribution in [2.45, 2.75) is 40.2 Å². The minimum atomic E-state index is -0.156. The zero-order chi connectivity index (χ0) is 19.2. The number of hydrogen-bond acceptors (Lipinski definition) is 4. The van der Waals surface area contributed by atoms with E-state index >= 15 is 0 Å². The van der Waals surface area contributed by atoms with Gasteiger partial charge in [-0.1, -0.05) is 19.4 Å². The van der Waals surface area contributed by atoms with Crippen LogP contribution in [0.3, 0.4) is 0 Å². The molecular weight excluding hydrogens is 332 g/mol. The first-order chi connectivity index (χ1) is 12.6. The Morgan fingerprint density at radius 2 is 1.85 bits per heavy atom. The average Bonchev–Trinajstić information content (AvgIpc) is 2.65. The van der Waals surface area contributed by atoms with Gasteiger partial charge in [0.25, 0.3) is 5.91 Å². The van der Waals surface area contributed by atoms with Crippen molar-refractivity contribution < 1.29 is 14.3 Å². The van der Waals surface area contributed by atoms with Gasteiger partial charge in [-0.3, -0.25) is 4.79 Å². The van der Waals surface area contributed by atoms with Gasteiger partial charge in [0.2, 0.25) is 0 Å². The van der Waals surface area contributed by atoms with Crippen LogP contribution in [-0.2, 0) is 11.3 Å². The third-order valence-corrected chi connectivity index (χ3v) is 3.55. The van der Waals surface area contributed by atoms with Crippen LogP contribution in [0.2, 0.25) is 0 Å². The summed E-state index contributed by atoms with van der Waals surface area (Å²) >= 11 is 0. The summed E-state index contributed by atoms with van der Waals surface area (Å²) in [6.45, 7) is 8.85. The lowest BCUT2D eigenvalue weighted by molar-refractivity contribution is -0.123. The highest BCUT2D eigenvalue weighted by Crippen LogP contribution is 2.28. The number of unbranched alkanes of at least 4 members (excludes halogenated alkanes) is 1. The Labute approximate surface area is 156 Å². The first kappa shape index (κ1) is 21.6. The second kappa shape index (κ2) is 12.9. The summed E-state index contributed by atoms with van der Waals surface area (Å²) in [5.41, 5.74) is 1.000. The first-order valence-electron chi connectivity index (χ1n) is 9.23. The Hall–Kier alpha value is -2.44. The maximum absolute atomic E-state index is 11.5. The molecule has 1 amide bonds. The van der Waals surface area contributed by atoms with Gasteiger partial charge in [0, 0.05) is 19.6 Å². The maximum atomic E-state index is 11.5. The number of methoxy groups -OCH3 is 1. The molecule has 0 fully saturated rings. The van der Waals surface area contributed by atoms with E-state index in [4.69, 9.17) is 9.47 Å². The van der Waals surface area contributed by atoms with E-state index in [1.807, 2.05) is 26.0 Å². The highest BCUT2D eigenvalue weighted by Gasteiger charge is 2.08. The van der Waals surface area contributed by atoms with Crippen molar-refractivity contribution in [3.05, 3.63) is 23.8 Å². The summed E-state index contributed by atoms with van der Waals surface area (Å²) in [6, 6.07) is 5.61. The molecule has 0 saturated carbocycles. The van der Waals surface area contributed by atoms with Crippen molar-refractivity contribution in [2.24, 2.45) is 4.99 Å². The van der Waals surface area contributed by atoms with Crippen molar-refractivity contribution in [1.82, 2.24) is 16.0 Å². The normalized spacial score (nSPS) is 11.0. The molecule has 7 nitrogen and oxygen atoms in total. The summed E-state index contributed by atoms with van der Waals surface area (Å²) in [5.74, 6) is 1.78. The predicted molar refractivity (Wildman–Crippen MR) is 105 cm³/mol. The molecule has 0 saturated heterocycles. The molecule has 0 atom stereocenters. The molecule has 0 aliphatic rings. The van der Waals surface area contributed by atoms with Crippen molar-refractivity contribution in [1.29, 1.82) is 0 Å². The highest BCUT2D eigenvalue weighted by atomic mass is 16.5. The fraction of sp³-hybridized carbons (Fsp3) is 0.579. The van der Waals surface area contributed by atoms with Gasteiger partial charge in [-0.05, 0) is 38.0 Å². The van der Waals surface area contributed by atoms with E-state index in [1.165, 1.54) is 0 Å². The van der Waals surface area contributed by atoms with Crippen LogP contribution in [-0.4, -0.2) is 45.2 Å².